The molecule has 4 aromatic carbocycles. The van der Waals surface area contributed by atoms with Crippen molar-refractivity contribution in [3.8, 4) is 33.8 Å². The molecule has 0 aliphatic heterocycles. The van der Waals surface area contributed by atoms with Gasteiger partial charge in [-0.3, -0.25) is 0 Å². The van der Waals surface area contributed by atoms with Gasteiger partial charge in [-0.25, -0.2) is 14.4 Å². The van der Waals surface area contributed by atoms with E-state index in [-0.39, 0.29) is 22.3 Å². The lowest BCUT2D eigenvalue weighted by Gasteiger charge is -2.21. The molecule has 0 aromatic heterocycles. The maximum Gasteiger partial charge on any atom is 0.519 e. The van der Waals surface area contributed by atoms with Crippen molar-refractivity contribution in [3.05, 3.63) is 107 Å². The summed E-state index contributed by atoms with van der Waals surface area (Å²) in [6.45, 7) is 12.6. The summed E-state index contributed by atoms with van der Waals surface area (Å²) in [5.74, 6) is -0.301. The maximum absolute atomic E-state index is 12.6. The maximum atomic E-state index is 12.6. The lowest BCUT2D eigenvalue weighted by atomic mass is 9.84. The van der Waals surface area contributed by atoms with Gasteiger partial charge in [-0.1, -0.05) is 77.9 Å². The number of esters is 2. The fourth-order valence-electron chi connectivity index (χ4n) is 4.69. The molecule has 0 aliphatic rings. The Morgan fingerprint density at radius 2 is 0.841 bits per heavy atom. The third-order valence-corrected chi connectivity index (χ3v) is 7.31. The first-order valence-electron chi connectivity index (χ1n) is 14.3. The standard InChI is InChI=1S/C37H38O7/c1-36(2,3)25-13-19-29(33(38)41-7)31(21-25)23-9-15-27(16-10-23)43-35(40)44-28-17-11-24(12-18-28)32-22-26(37(4,5)6)14-20-30(32)34(39)42-8/h9-22H,1-8H3. The van der Waals surface area contributed by atoms with E-state index in [9.17, 15) is 14.4 Å². The van der Waals surface area contributed by atoms with E-state index < -0.39 is 18.1 Å². The zero-order chi connectivity index (χ0) is 32.2. The van der Waals surface area contributed by atoms with Gasteiger partial charge in [0.1, 0.15) is 11.5 Å². The van der Waals surface area contributed by atoms with Gasteiger partial charge in [0.15, 0.2) is 0 Å². The van der Waals surface area contributed by atoms with Crippen LogP contribution in [0.25, 0.3) is 22.3 Å². The molecule has 0 spiro atoms. The minimum absolute atomic E-state index is 0.117. The van der Waals surface area contributed by atoms with Crippen LogP contribution in [-0.2, 0) is 20.3 Å². The molecule has 0 amide bonds. The lowest BCUT2D eigenvalue weighted by Crippen LogP contribution is -2.14. The van der Waals surface area contributed by atoms with E-state index in [0.29, 0.717) is 11.1 Å². The van der Waals surface area contributed by atoms with Crippen LogP contribution in [0.1, 0.15) is 73.4 Å². The molecular weight excluding hydrogens is 556 g/mol. The molecule has 0 saturated heterocycles. The summed E-state index contributed by atoms with van der Waals surface area (Å²) in [6, 6.07) is 25.0. The van der Waals surface area contributed by atoms with Crippen LogP contribution in [0, 0.1) is 0 Å². The van der Waals surface area contributed by atoms with Crippen molar-refractivity contribution in [2.24, 2.45) is 0 Å². The first-order chi connectivity index (χ1) is 20.7. The van der Waals surface area contributed by atoms with E-state index in [1.807, 2.05) is 24.3 Å². The number of rotatable bonds is 6. The third-order valence-electron chi connectivity index (χ3n) is 7.31. The molecule has 0 atom stereocenters. The second-order valence-electron chi connectivity index (χ2n) is 12.5. The second-order valence-corrected chi connectivity index (χ2v) is 12.5. The van der Waals surface area contributed by atoms with Crippen LogP contribution in [0.5, 0.6) is 11.5 Å². The van der Waals surface area contributed by atoms with Gasteiger partial charge >= 0.3 is 18.1 Å². The van der Waals surface area contributed by atoms with Crippen LogP contribution in [0.3, 0.4) is 0 Å². The van der Waals surface area contributed by atoms with E-state index in [1.165, 1.54) is 14.2 Å². The number of hydrogen-bond acceptors (Lipinski definition) is 7. The minimum atomic E-state index is -0.902. The number of benzene rings is 4. The average Bonchev–Trinajstić information content (AvgIpc) is 2.99. The molecule has 7 nitrogen and oxygen atoms in total. The van der Waals surface area contributed by atoms with Crippen molar-refractivity contribution in [3.63, 3.8) is 0 Å². The highest BCUT2D eigenvalue weighted by atomic mass is 16.7. The summed E-state index contributed by atoms with van der Waals surface area (Å²) in [5, 5.41) is 0. The topological polar surface area (TPSA) is 88.1 Å². The van der Waals surface area contributed by atoms with Crippen molar-refractivity contribution >= 4 is 18.1 Å². The summed E-state index contributed by atoms with van der Waals surface area (Å²) in [7, 11) is 2.70. The highest BCUT2D eigenvalue weighted by Crippen LogP contribution is 2.34. The highest BCUT2D eigenvalue weighted by molar-refractivity contribution is 5.98. The normalized spacial score (nSPS) is 11.5. The van der Waals surface area contributed by atoms with Crippen molar-refractivity contribution in [2.75, 3.05) is 14.2 Å². The van der Waals surface area contributed by atoms with Crippen LogP contribution in [0.15, 0.2) is 84.9 Å². The fraction of sp³-hybridized carbons (Fsp3) is 0.270. The van der Waals surface area contributed by atoms with Gasteiger partial charge in [0.2, 0.25) is 0 Å². The Morgan fingerprint density at radius 3 is 1.14 bits per heavy atom. The van der Waals surface area contributed by atoms with Crippen LogP contribution in [-0.4, -0.2) is 32.3 Å². The Balaban J connectivity index is 1.51. The first-order valence-corrected chi connectivity index (χ1v) is 14.3. The van der Waals surface area contributed by atoms with Gasteiger partial charge in [-0.05, 0) is 92.7 Å². The van der Waals surface area contributed by atoms with Crippen molar-refractivity contribution in [2.45, 2.75) is 52.4 Å². The van der Waals surface area contributed by atoms with E-state index in [4.69, 9.17) is 18.9 Å². The molecule has 0 fully saturated rings. The zero-order valence-corrected chi connectivity index (χ0v) is 26.4. The molecule has 0 N–H and O–H groups in total. The quantitative estimate of drug-likeness (QED) is 0.163. The number of hydrogen-bond donors (Lipinski definition) is 0. The minimum Gasteiger partial charge on any atom is -0.465 e. The van der Waals surface area contributed by atoms with Gasteiger partial charge < -0.3 is 18.9 Å². The lowest BCUT2D eigenvalue weighted by molar-refractivity contribution is 0.0592. The largest absolute Gasteiger partial charge is 0.519 e. The highest BCUT2D eigenvalue weighted by Gasteiger charge is 2.21. The monoisotopic (exact) mass is 594 g/mol. The number of ether oxygens (including phenoxy) is 4. The van der Waals surface area contributed by atoms with E-state index in [1.54, 1.807) is 60.7 Å². The van der Waals surface area contributed by atoms with Gasteiger partial charge in [0.05, 0.1) is 25.3 Å². The first kappa shape index (κ1) is 32.0. The molecule has 0 radical (unpaired) electrons. The van der Waals surface area contributed by atoms with Crippen LogP contribution in [0.4, 0.5) is 4.79 Å². The molecule has 4 aromatic rings. The zero-order valence-electron chi connectivity index (χ0n) is 26.4. The fourth-order valence-corrected chi connectivity index (χ4v) is 4.69. The Bertz CT molecular complexity index is 1540. The second kappa shape index (κ2) is 12.8. The molecule has 0 aliphatic carbocycles. The number of carbonyl (C=O) groups is 3. The predicted molar refractivity (Wildman–Crippen MR) is 170 cm³/mol. The predicted octanol–water partition coefficient (Wildman–Crippen LogP) is 8.77. The van der Waals surface area contributed by atoms with Crippen LogP contribution >= 0.6 is 0 Å². The molecule has 0 saturated carbocycles. The van der Waals surface area contributed by atoms with Crippen LogP contribution in [0.2, 0.25) is 0 Å². The van der Waals surface area contributed by atoms with Crippen molar-refractivity contribution in [1.29, 1.82) is 0 Å². The van der Waals surface area contributed by atoms with Gasteiger partial charge in [-0.2, -0.15) is 0 Å². The summed E-state index contributed by atoms with van der Waals surface area (Å²) < 4.78 is 20.8. The Hall–Kier alpha value is -4.91. The Morgan fingerprint density at radius 1 is 0.500 bits per heavy atom. The molecular formula is C37H38O7. The van der Waals surface area contributed by atoms with Gasteiger partial charge in [-0.15, -0.1) is 0 Å². The van der Waals surface area contributed by atoms with Crippen molar-refractivity contribution in [1.82, 2.24) is 0 Å². The van der Waals surface area contributed by atoms with E-state index in [0.717, 1.165) is 33.4 Å². The Kier molecular flexibility index (Phi) is 9.28. The van der Waals surface area contributed by atoms with Crippen LogP contribution < -0.4 is 9.47 Å². The summed E-state index contributed by atoms with van der Waals surface area (Å²) in [4.78, 5) is 37.5. The molecule has 44 heavy (non-hydrogen) atoms. The molecule has 228 valence electrons. The number of methoxy groups -OCH3 is 2. The molecule has 7 heteroatoms. The number of carbonyl (C=O) groups excluding carboxylic acids is 3. The molecule has 0 bridgehead atoms. The molecule has 4 rings (SSSR count). The van der Waals surface area contributed by atoms with Crippen molar-refractivity contribution < 1.29 is 33.3 Å². The smallest absolute Gasteiger partial charge is 0.465 e. The van der Waals surface area contributed by atoms with Gasteiger partial charge in [0, 0.05) is 0 Å². The van der Waals surface area contributed by atoms with E-state index >= 15 is 0 Å². The molecule has 0 unspecified atom stereocenters. The van der Waals surface area contributed by atoms with Gasteiger partial charge in [0.25, 0.3) is 0 Å². The summed E-state index contributed by atoms with van der Waals surface area (Å²) in [5.41, 5.74) is 5.79. The summed E-state index contributed by atoms with van der Waals surface area (Å²) in [6.07, 6.45) is -0.902. The SMILES string of the molecule is COC(=O)c1ccc(C(C)(C)C)cc1-c1ccc(OC(=O)Oc2ccc(-c3cc(C(C)(C)C)ccc3C(=O)OC)cc2)cc1. The third kappa shape index (κ3) is 7.35. The average molecular weight is 595 g/mol. The Labute approximate surface area is 258 Å². The molecule has 0 heterocycles. The van der Waals surface area contributed by atoms with E-state index in [2.05, 4.69) is 41.5 Å². The summed E-state index contributed by atoms with van der Waals surface area (Å²) >= 11 is 0.